The molecule has 1 amide bonds. The Bertz CT molecular complexity index is 618. The second-order valence-electron chi connectivity index (χ2n) is 4.36. The Balaban J connectivity index is 2.40. The summed E-state index contributed by atoms with van der Waals surface area (Å²) in [5.74, 6) is -0.920. The summed E-state index contributed by atoms with van der Waals surface area (Å²) in [5, 5.41) is 9.21. The van der Waals surface area contributed by atoms with E-state index in [0.717, 1.165) is 0 Å². The minimum atomic E-state index is -1.11. The van der Waals surface area contributed by atoms with Crippen LogP contribution in [0.4, 0.5) is 5.69 Å². The number of methoxy groups -OCH3 is 1. The van der Waals surface area contributed by atoms with Crippen LogP contribution >= 0.6 is 0 Å². The number of furan rings is 1. The third-order valence-electron chi connectivity index (χ3n) is 3.05. The molecule has 2 rings (SSSR count). The van der Waals surface area contributed by atoms with E-state index < -0.39 is 17.9 Å². The molecule has 6 nitrogen and oxygen atoms in total. The van der Waals surface area contributed by atoms with Gasteiger partial charge in [0.1, 0.15) is 11.8 Å². The largest absolute Gasteiger partial charge is 0.497 e. The van der Waals surface area contributed by atoms with E-state index >= 15 is 0 Å². The number of carboxylic acids is 1. The van der Waals surface area contributed by atoms with Gasteiger partial charge in [-0.25, -0.2) is 4.79 Å². The highest BCUT2D eigenvalue weighted by molar-refractivity contribution is 6.07. The Morgan fingerprint density at radius 1 is 1.24 bits per heavy atom. The van der Waals surface area contributed by atoms with E-state index in [9.17, 15) is 14.7 Å². The lowest BCUT2D eigenvalue weighted by molar-refractivity contribution is -0.138. The van der Waals surface area contributed by atoms with Gasteiger partial charge in [-0.05, 0) is 43.3 Å². The maximum Gasteiger partial charge on any atom is 0.326 e. The van der Waals surface area contributed by atoms with Gasteiger partial charge in [-0.1, -0.05) is 0 Å². The van der Waals surface area contributed by atoms with E-state index in [-0.39, 0.29) is 5.76 Å². The predicted octanol–water partition coefficient (Wildman–Crippen LogP) is 2.41. The number of rotatable bonds is 5. The fourth-order valence-corrected chi connectivity index (χ4v) is 1.89. The van der Waals surface area contributed by atoms with Crippen molar-refractivity contribution in [1.82, 2.24) is 0 Å². The number of hydrogen-bond donors (Lipinski definition) is 1. The van der Waals surface area contributed by atoms with E-state index in [2.05, 4.69) is 0 Å². The molecule has 1 unspecified atom stereocenters. The first-order valence-corrected chi connectivity index (χ1v) is 6.28. The SMILES string of the molecule is COc1ccc(N(C(=O)c2ccco2)C(C)C(=O)O)cc1. The molecule has 1 N–H and O–H groups in total. The van der Waals surface area contributed by atoms with Gasteiger partial charge in [0, 0.05) is 5.69 Å². The third-order valence-corrected chi connectivity index (χ3v) is 3.05. The molecule has 0 fully saturated rings. The Morgan fingerprint density at radius 2 is 1.90 bits per heavy atom. The molecule has 0 bridgehead atoms. The van der Waals surface area contributed by atoms with Crippen LogP contribution in [0.1, 0.15) is 17.5 Å². The molecule has 0 saturated heterocycles. The van der Waals surface area contributed by atoms with Gasteiger partial charge in [-0.3, -0.25) is 9.69 Å². The maximum atomic E-state index is 12.4. The van der Waals surface area contributed by atoms with Gasteiger partial charge in [-0.15, -0.1) is 0 Å². The minimum Gasteiger partial charge on any atom is -0.497 e. The minimum absolute atomic E-state index is 0.0823. The summed E-state index contributed by atoms with van der Waals surface area (Å²) in [6.45, 7) is 1.44. The van der Waals surface area contributed by atoms with Crippen LogP contribution in [-0.4, -0.2) is 30.1 Å². The molecule has 0 aliphatic heterocycles. The molecule has 1 heterocycles. The average Bonchev–Trinajstić information content (AvgIpc) is 3.02. The molecule has 0 saturated carbocycles. The van der Waals surface area contributed by atoms with Crippen LogP contribution in [0.15, 0.2) is 47.1 Å². The van der Waals surface area contributed by atoms with Crippen molar-refractivity contribution in [1.29, 1.82) is 0 Å². The molecule has 0 aliphatic carbocycles. The zero-order valence-electron chi connectivity index (χ0n) is 11.6. The fraction of sp³-hybridized carbons (Fsp3) is 0.200. The Kier molecular flexibility index (Phi) is 4.27. The van der Waals surface area contributed by atoms with E-state index in [1.165, 1.54) is 31.3 Å². The summed E-state index contributed by atoms with van der Waals surface area (Å²) in [6, 6.07) is 8.60. The van der Waals surface area contributed by atoms with Crippen molar-refractivity contribution in [3.63, 3.8) is 0 Å². The van der Waals surface area contributed by atoms with Gasteiger partial charge in [0.25, 0.3) is 5.91 Å². The first kappa shape index (κ1) is 14.6. The molecule has 1 aromatic carbocycles. The number of hydrogen-bond acceptors (Lipinski definition) is 4. The normalized spacial score (nSPS) is 11.7. The molecule has 0 spiro atoms. The highest BCUT2D eigenvalue weighted by Gasteiger charge is 2.29. The van der Waals surface area contributed by atoms with E-state index in [4.69, 9.17) is 9.15 Å². The number of ether oxygens (including phenoxy) is 1. The standard InChI is InChI=1S/C15H15NO5/c1-10(15(18)19)16(14(17)13-4-3-9-21-13)11-5-7-12(20-2)8-6-11/h3-10H,1-2H3,(H,18,19). The second kappa shape index (κ2) is 6.13. The summed E-state index contributed by atoms with van der Waals surface area (Å²) < 4.78 is 10.1. The number of nitrogens with zero attached hydrogens (tertiary/aromatic N) is 1. The second-order valence-corrected chi connectivity index (χ2v) is 4.36. The van der Waals surface area contributed by atoms with Crippen molar-refractivity contribution < 1.29 is 23.8 Å². The molecular formula is C15H15NO5. The number of aliphatic carboxylic acids is 1. The van der Waals surface area contributed by atoms with Crippen LogP contribution in [0.2, 0.25) is 0 Å². The summed E-state index contributed by atoms with van der Waals surface area (Å²) >= 11 is 0. The summed E-state index contributed by atoms with van der Waals surface area (Å²) in [7, 11) is 1.53. The van der Waals surface area contributed by atoms with E-state index in [1.54, 1.807) is 30.3 Å². The number of carbonyl (C=O) groups excluding carboxylic acids is 1. The first-order valence-electron chi connectivity index (χ1n) is 6.28. The Morgan fingerprint density at radius 3 is 2.38 bits per heavy atom. The molecule has 0 aliphatic rings. The van der Waals surface area contributed by atoms with Crippen molar-refractivity contribution in [2.24, 2.45) is 0 Å². The van der Waals surface area contributed by atoms with Gasteiger partial charge in [-0.2, -0.15) is 0 Å². The number of carbonyl (C=O) groups is 2. The number of carboxylic acid groups (broad SMARTS) is 1. The van der Waals surface area contributed by atoms with Crippen molar-refractivity contribution in [2.45, 2.75) is 13.0 Å². The van der Waals surface area contributed by atoms with Crippen molar-refractivity contribution in [3.8, 4) is 5.75 Å². The number of anilines is 1. The van der Waals surface area contributed by atoms with Crippen LogP contribution in [-0.2, 0) is 4.79 Å². The van der Waals surface area contributed by atoms with Gasteiger partial charge < -0.3 is 14.3 Å². The van der Waals surface area contributed by atoms with E-state index in [1.807, 2.05) is 0 Å². The van der Waals surface area contributed by atoms with Gasteiger partial charge in [0.2, 0.25) is 0 Å². The van der Waals surface area contributed by atoms with Gasteiger partial charge in [0.05, 0.1) is 13.4 Å². The Labute approximate surface area is 121 Å². The molecule has 110 valence electrons. The molecule has 21 heavy (non-hydrogen) atoms. The van der Waals surface area contributed by atoms with Gasteiger partial charge in [0.15, 0.2) is 5.76 Å². The fourth-order valence-electron chi connectivity index (χ4n) is 1.89. The molecule has 2 aromatic rings. The van der Waals surface area contributed by atoms with Crippen LogP contribution < -0.4 is 9.64 Å². The van der Waals surface area contributed by atoms with Crippen molar-refractivity contribution >= 4 is 17.6 Å². The summed E-state index contributed by atoms with van der Waals surface area (Å²) in [6.07, 6.45) is 1.37. The lowest BCUT2D eigenvalue weighted by atomic mass is 10.2. The number of benzene rings is 1. The summed E-state index contributed by atoms with van der Waals surface area (Å²) in [5.41, 5.74) is 0.451. The highest BCUT2D eigenvalue weighted by Crippen LogP contribution is 2.23. The first-order chi connectivity index (χ1) is 10.0. The lowest BCUT2D eigenvalue weighted by Crippen LogP contribution is -2.43. The molecule has 1 aromatic heterocycles. The van der Waals surface area contributed by atoms with Crippen LogP contribution in [0.25, 0.3) is 0 Å². The highest BCUT2D eigenvalue weighted by atomic mass is 16.5. The van der Waals surface area contributed by atoms with Crippen molar-refractivity contribution in [3.05, 3.63) is 48.4 Å². The lowest BCUT2D eigenvalue weighted by Gasteiger charge is -2.25. The van der Waals surface area contributed by atoms with Gasteiger partial charge >= 0.3 is 5.97 Å². The van der Waals surface area contributed by atoms with Crippen LogP contribution in [0, 0.1) is 0 Å². The quantitative estimate of drug-likeness (QED) is 0.914. The smallest absolute Gasteiger partial charge is 0.326 e. The third kappa shape index (κ3) is 3.05. The zero-order valence-corrected chi connectivity index (χ0v) is 11.6. The maximum absolute atomic E-state index is 12.4. The zero-order chi connectivity index (χ0) is 15.4. The van der Waals surface area contributed by atoms with Crippen LogP contribution in [0.3, 0.4) is 0 Å². The molecular weight excluding hydrogens is 274 g/mol. The topological polar surface area (TPSA) is 80.0 Å². The van der Waals surface area contributed by atoms with Crippen LogP contribution in [0.5, 0.6) is 5.75 Å². The average molecular weight is 289 g/mol. The monoisotopic (exact) mass is 289 g/mol. The van der Waals surface area contributed by atoms with Crippen molar-refractivity contribution in [2.75, 3.05) is 12.0 Å². The number of amides is 1. The predicted molar refractivity (Wildman–Crippen MR) is 75.6 cm³/mol. The molecule has 6 heteroatoms. The molecule has 1 atom stereocenters. The summed E-state index contributed by atoms with van der Waals surface area (Å²) in [4.78, 5) is 24.9. The Hall–Kier alpha value is -2.76. The molecule has 0 radical (unpaired) electrons. The van der Waals surface area contributed by atoms with E-state index in [0.29, 0.717) is 11.4 Å².